The topological polar surface area (TPSA) is 106 Å². The molecule has 1 saturated carbocycles. The first kappa shape index (κ1) is 25.8. The number of pyridine rings is 2. The van der Waals surface area contributed by atoms with E-state index in [-0.39, 0.29) is 11.4 Å². The molecule has 2 aliphatic rings. The van der Waals surface area contributed by atoms with Crippen LogP contribution >= 0.6 is 0 Å². The van der Waals surface area contributed by atoms with Gasteiger partial charge in [-0.15, -0.1) is 0 Å². The van der Waals surface area contributed by atoms with Crippen molar-refractivity contribution in [1.82, 2.24) is 15.3 Å². The molecule has 0 bridgehead atoms. The Hall–Kier alpha value is -2.33. The van der Waals surface area contributed by atoms with Gasteiger partial charge >= 0.3 is 0 Å². The highest BCUT2D eigenvalue weighted by Crippen LogP contribution is 2.27. The van der Waals surface area contributed by atoms with Gasteiger partial charge in [0.1, 0.15) is 11.6 Å². The van der Waals surface area contributed by atoms with Gasteiger partial charge in [0.25, 0.3) is 0 Å². The number of anilines is 2. The van der Waals surface area contributed by atoms with Crippen LogP contribution in [0.3, 0.4) is 0 Å². The van der Waals surface area contributed by atoms with E-state index < -0.39 is 0 Å². The summed E-state index contributed by atoms with van der Waals surface area (Å²) in [5.74, 6) is 0.965. The van der Waals surface area contributed by atoms with Crippen LogP contribution in [0.25, 0.3) is 11.3 Å². The van der Waals surface area contributed by atoms with Crippen molar-refractivity contribution in [1.29, 1.82) is 0 Å². The van der Waals surface area contributed by atoms with E-state index in [1.807, 2.05) is 18.2 Å². The Balaban J connectivity index is 1.36. The average Bonchev–Trinajstić information content (AvgIpc) is 2.86. The van der Waals surface area contributed by atoms with Crippen LogP contribution in [0, 0.1) is 5.82 Å². The predicted octanol–water partition coefficient (Wildman–Crippen LogP) is 3.55. The molecule has 1 saturated heterocycles. The van der Waals surface area contributed by atoms with Crippen LogP contribution in [0.15, 0.2) is 30.5 Å². The summed E-state index contributed by atoms with van der Waals surface area (Å²) < 4.78 is 25.4. The minimum atomic E-state index is -0.389. The first-order valence-electron chi connectivity index (χ1n) is 12.7. The van der Waals surface area contributed by atoms with Gasteiger partial charge in [0.05, 0.1) is 18.5 Å². The highest BCUT2D eigenvalue weighted by atomic mass is 19.1. The summed E-state index contributed by atoms with van der Waals surface area (Å²) in [5, 5.41) is 10.5. The maximum Gasteiger partial charge on any atom is 0.151 e. The lowest BCUT2D eigenvalue weighted by atomic mass is 9.90. The number of nitrogens with zero attached hydrogens (tertiary/aromatic N) is 2. The molecule has 0 spiro atoms. The monoisotopic (exact) mass is 486 g/mol. The molecular weight excluding hydrogens is 447 g/mol. The first-order valence-corrected chi connectivity index (χ1v) is 12.7. The predicted molar refractivity (Wildman–Crippen MR) is 137 cm³/mol. The second-order valence-electron chi connectivity index (χ2n) is 10.0. The molecule has 1 atom stereocenters. The second-order valence-corrected chi connectivity index (χ2v) is 10.0. The number of hydrogen-bond donors (Lipinski definition) is 4. The lowest BCUT2D eigenvalue weighted by Gasteiger charge is -2.33. The van der Waals surface area contributed by atoms with Crippen LogP contribution < -0.4 is 21.7 Å². The van der Waals surface area contributed by atoms with E-state index >= 15 is 0 Å². The van der Waals surface area contributed by atoms with Crippen molar-refractivity contribution >= 4 is 11.6 Å². The number of rotatable bonds is 10. The average molecular weight is 487 g/mol. The molecule has 0 amide bonds. The Kier molecular flexibility index (Phi) is 8.89. The number of methoxy groups -OCH3 is 1. The molecule has 9 heteroatoms. The quantitative estimate of drug-likeness (QED) is 0.404. The van der Waals surface area contributed by atoms with E-state index in [4.69, 9.17) is 15.2 Å². The Morgan fingerprint density at radius 3 is 2.66 bits per heavy atom. The van der Waals surface area contributed by atoms with Crippen LogP contribution in [0.5, 0.6) is 0 Å². The summed E-state index contributed by atoms with van der Waals surface area (Å²) in [6.07, 6.45) is 7.13. The van der Waals surface area contributed by atoms with E-state index in [0.29, 0.717) is 67.4 Å². The van der Waals surface area contributed by atoms with Gasteiger partial charge in [-0.25, -0.2) is 14.4 Å². The van der Waals surface area contributed by atoms with Gasteiger partial charge in [-0.05, 0) is 63.6 Å². The molecule has 8 nitrogen and oxygen atoms in total. The Morgan fingerprint density at radius 2 is 1.91 bits per heavy atom. The van der Waals surface area contributed by atoms with Crippen LogP contribution in [-0.4, -0.2) is 67.1 Å². The summed E-state index contributed by atoms with van der Waals surface area (Å²) in [4.78, 5) is 8.94. The van der Waals surface area contributed by atoms with Crippen molar-refractivity contribution in [2.75, 3.05) is 44.1 Å². The molecule has 0 aromatic carbocycles. The van der Waals surface area contributed by atoms with E-state index in [0.717, 1.165) is 38.5 Å². The minimum Gasteiger partial charge on any atom is -0.383 e. The largest absolute Gasteiger partial charge is 0.383 e. The van der Waals surface area contributed by atoms with Gasteiger partial charge in [-0.1, -0.05) is 6.07 Å². The number of hydrogen-bond acceptors (Lipinski definition) is 8. The summed E-state index contributed by atoms with van der Waals surface area (Å²) >= 11 is 0. The smallest absolute Gasteiger partial charge is 0.151 e. The van der Waals surface area contributed by atoms with Gasteiger partial charge in [0.15, 0.2) is 5.82 Å². The van der Waals surface area contributed by atoms with Crippen molar-refractivity contribution in [2.45, 2.75) is 69.1 Å². The minimum absolute atomic E-state index is 0.314. The van der Waals surface area contributed by atoms with Crippen LogP contribution in [0.1, 0.15) is 45.4 Å². The third kappa shape index (κ3) is 7.33. The van der Waals surface area contributed by atoms with Gasteiger partial charge in [-0.3, -0.25) is 0 Å². The van der Waals surface area contributed by atoms with Crippen molar-refractivity contribution in [3.8, 4) is 11.3 Å². The summed E-state index contributed by atoms with van der Waals surface area (Å²) in [6, 6.07) is 8.50. The summed E-state index contributed by atoms with van der Waals surface area (Å²) in [6.45, 7) is 4.81. The lowest BCUT2D eigenvalue weighted by molar-refractivity contribution is 0.0574. The number of nitrogens with one attached hydrogen (secondary N) is 3. The SMILES string of the molecule is COC[C@H](C)NC1CCC(Nc2cc(-c3cccc(NCC4(N)CCOCC4)n3)c(F)cn2)CC1. The van der Waals surface area contributed by atoms with E-state index in [2.05, 4.69) is 32.8 Å². The molecule has 3 heterocycles. The van der Waals surface area contributed by atoms with E-state index in [9.17, 15) is 4.39 Å². The number of halogens is 1. The van der Waals surface area contributed by atoms with Gasteiger partial charge in [0, 0.05) is 56.1 Å². The molecule has 35 heavy (non-hydrogen) atoms. The van der Waals surface area contributed by atoms with Crippen molar-refractivity contribution in [2.24, 2.45) is 5.73 Å². The van der Waals surface area contributed by atoms with Crippen LogP contribution in [-0.2, 0) is 9.47 Å². The fourth-order valence-electron chi connectivity index (χ4n) is 4.93. The van der Waals surface area contributed by atoms with Gasteiger partial charge in [0.2, 0.25) is 0 Å². The standard InChI is InChI=1S/C26H39FN6O2/c1-18(16-34-2)31-19-6-8-20(9-7-19)32-25-14-21(22(27)15-29-25)23-4-3-5-24(33-23)30-17-26(28)10-12-35-13-11-26/h3-5,14-15,18-20,31H,6-13,16-17,28H2,1-2H3,(H,29,32)(H,30,33)/t18-,19?,20?/m0/s1. The number of ether oxygens (including phenoxy) is 2. The number of nitrogens with two attached hydrogens (primary N) is 1. The molecule has 2 fully saturated rings. The van der Waals surface area contributed by atoms with Gasteiger partial charge in [-0.2, -0.15) is 0 Å². The third-order valence-electron chi connectivity index (χ3n) is 7.01. The van der Waals surface area contributed by atoms with Gasteiger partial charge < -0.3 is 31.2 Å². The molecule has 2 aromatic heterocycles. The van der Waals surface area contributed by atoms with Crippen molar-refractivity contribution < 1.29 is 13.9 Å². The lowest BCUT2D eigenvalue weighted by Crippen LogP contribution is -2.50. The molecule has 0 radical (unpaired) electrons. The van der Waals surface area contributed by atoms with Crippen molar-refractivity contribution in [3.63, 3.8) is 0 Å². The zero-order valence-electron chi connectivity index (χ0n) is 20.9. The highest BCUT2D eigenvalue weighted by Gasteiger charge is 2.28. The first-order chi connectivity index (χ1) is 16.9. The molecular formula is C26H39FN6O2. The fourth-order valence-corrected chi connectivity index (χ4v) is 4.93. The molecule has 0 unspecified atom stereocenters. The maximum atomic E-state index is 14.7. The second kappa shape index (κ2) is 12.1. The summed E-state index contributed by atoms with van der Waals surface area (Å²) in [7, 11) is 1.73. The van der Waals surface area contributed by atoms with E-state index in [1.165, 1.54) is 6.20 Å². The van der Waals surface area contributed by atoms with Crippen molar-refractivity contribution in [3.05, 3.63) is 36.3 Å². The molecule has 1 aliphatic carbocycles. The molecule has 192 valence electrons. The van der Waals surface area contributed by atoms with Crippen LogP contribution in [0.2, 0.25) is 0 Å². The maximum absolute atomic E-state index is 14.7. The molecule has 5 N–H and O–H groups in total. The summed E-state index contributed by atoms with van der Waals surface area (Å²) in [5.41, 5.74) is 7.16. The zero-order chi connectivity index (χ0) is 24.7. The number of aromatic nitrogens is 2. The zero-order valence-corrected chi connectivity index (χ0v) is 20.9. The Bertz CT molecular complexity index is 947. The normalized spacial score (nSPS) is 23.0. The van der Waals surface area contributed by atoms with E-state index in [1.54, 1.807) is 13.2 Å². The highest BCUT2D eigenvalue weighted by molar-refractivity contribution is 5.65. The Morgan fingerprint density at radius 1 is 1.17 bits per heavy atom. The molecule has 1 aliphatic heterocycles. The third-order valence-corrected chi connectivity index (χ3v) is 7.01. The molecule has 4 rings (SSSR count). The molecule has 2 aromatic rings. The fraction of sp³-hybridized carbons (Fsp3) is 0.615. The Labute approximate surface area is 207 Å². The van der Waals surface area contributed by atoms with Crippen LogP contribution in [0.4, 0.5) is 16.0 Å².